The molecule has 1 aliphatic rings. The van der Waals surface area contributed by atoms with Crippen LogP contribution in [0.2, 0.25) is 0 Å². The van der Waals surface area contributed by atoms with Crippen LogP contribution in [-0.2, 0) is 0 Å². The Morgan fingerprint density at radius 1 is 1.04 bits per heavy atom. The summed E-state index contributed by atoms with van der Waals surface area (Å²) in [6.45, 7) is 1.10. The van der Waals surface area contributed by atoms with Crippen LogP contribution < -0.4 is 0 Å². The van der Waals surface area contributed by atoms with Crippen molar-refractivity contribution in [2.45, 2.75) is 43.2 Å². The average molecular weight is 354 g/mol. The van der Waals surface area contributed by atoms with Crippen molar-refractivity contribution in [3.05, 3.63) is 47.5 Å². The van der Waals surface area contributed by atoms with Gasteiger partial charge in [-0.25, -0.2) is 8.78 Å². The van der Waals surface area contributed by atoms with Gasteiger partial charge in [-0.2, -0.15) is 22.0 Å². The van der Waals surface area contributed by atoms with E-state index in [0.717, 1.165) is 25.1 Å². The molecular weight excluding hydrogens is 341 g/mol. The maximum Gasteiger partial charge on any atom is 0.456 e. The Morgan fingerprint density at radius 3 is 2.08 bits per heavy atom. The molecule has 8 heteroatoms. The summed E-state index contributed by atoms with van der Waals surface area (Å²) in [4.78, 5) is 12.3. The van der Waals surface area contributed by atoms with E-state index in [1.54, 1.807) is 0 Å². The Morgan fingerprint density at radius 2 is 1.58 bits per heavy atom. The van der Waals surface area contributed by atoms with Crippen molar-refractivity contribution in [3.8, 4) is 0 Å². The van der Waals surface area contributed by atoms with Crippen molar-refractivity contribution >= 4 is 5.78 Å². The lowest BCUT2D eigenvalue weighted by molar-refractivity contribution is -0.343. The minimum atomic E-state index is -6.34. The Bertz CT molecular complexity index is 665. The van der Waals surface area contributed by atoms with Crippen LogP contribution in [-0.4, -0.2) is 29.2 Å². The molecule has 2 atom stereocenters. The first kappa shape index (κ1) is 18.5. The molecule has 1 nitrogen and oxygen atoms in total. The van der Waals surface area contributed by atoms with E-state index in [9.17, 15) is 31.1 Å². The fraction of sp³-hybridized carbons (Fsp3) is 0.438. The van der Waals surface area contributed by atoms with E-state index in [4.69, 9.17) is 0 Å². The first-order valence-corrected chi connectivity index (χ1v) is 6.95. The topological polar surface area (TPSA) is 17.1 Å². The summed E-state index contributed by atoms with van der Waals surface area (Å²) in [6, 6.07) is 6.02. The maximum atomic E-state index is 15.2. The fourth-order valence-corrected chi connectivity index (χ4v) is 2.75. The van der Waals surface area contributed by atoms with Crippen molar-refractivity contribution in [3.63, 3.8) is 0 Å². The zero-order valence-electron chi connectivity index (χ0n) is 12.4. The highest BCUT2D eigenvalue weighted by Gasteiger charge is 2.80. The lowest BCUT2D eigenvalue weighted by atomic mass is 9.68. The number of halogens is 7. The summed E-state index contributed by atoms with van der Waals surface area (Å²) in [7, 11) is 0. The quantitative estimate of drug-likeness (QED) is 0.413. The number of carbonyl (C=O) groups is 1. The number of Topliss-reactive ketones (excluding diaryl/α,β-unsaturated/α-hetero) is 1. The number of ketones is 1. The van der Waals surface area contributed by atoms with Crippen molar-refractivity contribution < 1.29 is 35.5 Å². The third-order valence-electron chi connectivity index (χ3n) is 4.13. The summed E-state index contributed by atoms with van der Waals surface area (Å²) in [5.41, 5.74) is -9.43. The van der Waals surface area contributed by atoms with Crippen LogP contribution in [0.25, 0.3) is 0 Å². The first-order valence-electron chi connectivity index (χ1n) is 6.95. The average Bonchev–Trinajstić information content (AvgIpc) is 2.50. The molecule has 0 spiro atoms. The summed E-state index contributed by atoms with van der Waals surface area (Å²) in [5, 5.41) is 0. The van der Waals surface area contributed by atoms with Crippen molar-refractivity contribution in [2.75, 3.05) is 0 Å². The second-order valence-electron chi connectivity index (χ2n) is 5.80. The van der Waals surface area contributed by atoms with E-state index in [1.807, 2.05) is 0 Å². The molecule has 132 valence electrons. The number of allylic oxidation sites excluding steroid dienone is 2. The summed E-state index contributed by atoms with van der Waals surface area (Å²) in [6.07, 6.45) is -8.11. The molecule has 0 N–H and O–H groups in total. The fourth-order valence-electron chi connectivity index (χ4n) is 2.75. The largest absolute Gasteiger partial charge is 0.456 e. The van der Waals surface area contributed by atoms with Crippen LogP contribution in [0.4, 0.5) is 30.7 Å². The monoisotopic (exact) mass is 354 g/mol. The zero-order chi connectivity index (χ0) is 18.4. The third-order valence-corrected chi connectivity index (χ3v) is 4.13. The van der Waals surface area contributed by atoms with E-state index < -0.39 is 47.6 Å². The van der Waals surface area contributed by atoms with Crippen molar-refractivity contribution in [1.82, 2.24) is 0 Å². The molecule has 24 heavy (non-hydrogen) atoms. The Kier molecular flexibility index (Phi) is 4.31. The standard InChI is InChI=1S/C16H13F7O/c1-10-7-8-13(17,12(24)11-5-3-2-4-6-11)14(18,9-10)15(19,20)16(21,22)23/h2-7H,8-9H2,1H3. The highest BCUT2D eigenvalue weighted by atomic mass is 19.4. The normalized spacial score (nSPS) is 28.4. The molecule has 0 radical (unpaired) electrons. The smallest absolute Gasteiger partial charge is 0.290 e. The SMILES string of the molecule is CC1=CCC(F)(C(=O)c2ccccc2)C(F)(C(F)(F)C(F)(F)F)C1. The van der Waals surface area contributed by atoms with Gasteiger partial charge in [0.15, 0.2) is 0 Å². The molecule has 0 bridgehead atoms. The predicted octanol–water partition coefficient (Wildman–Crippen LogP) is 5.22. The van der Waals surface area contributed by atoms with Crippen molar-refractivity contribution in [2.24, 2.45) is 0 Å². The molecule has 2 unspecified atom stereocenters. The second kappa shape index (κ2) is 5.60. The first-order chi connectivity index (χ1) is 10.9. The molecule has 0 amide bonds. The molecular formula is C16H13F7O. The summed E-state index contributed by atoms with van der Waals surface area (Å²) in [5.74, 6) is -7.77. The zero-order valence-corrected chi connectivity index (χ0v) is 12.4. The predicted molar refractivity (Wildman–Crippen MR) is 72.4 cm³/mol. The van der Waals surface area contributed by atoms with Crippen LogP contribution in [0.3, 0.4) is 0 Å². The van der Waals surface area contributed by atoms with Gasteiger partial charge in [-0.15, -0.1) is 0 Å². The van der Waals surface area contributed by atoms with E-state index in [1.165, 1.54) is 18.2 Å². The van der Waals surface area contributed by atoms with Gasteiger partial charge in [0, 0.05) is 18.4 Å². The Labute approximate surface area is 133 Å². The molecule has 2 rings (SSSR count). The number of benzene rings is 1. The van der Waals surface area contributed by atoms with Gasteiger partial charge in [0.2, 0.25) is 17.1 Å². The number of alkyl halides is 7. The Balaban J connectivity index is 2.63. The summed E-state index contributed by atoms with van der Waals surface area (Å²) < 4.78 is 95.9. The molecule has 0 saturated carbocycles. The van der Waals surface area contributed by atoms with Gasteiger partial charge >= 0.3 is 12.1 Å². The molecule has 0 saturated heterocycles. The van der Waals surface area contributed by atoms with Crippen LogP contribution in [0.15, 0.2) is 42.0 Å². The van der Waals surface area contributed by atoms with Gasteiger partial charge in [-0.1, -0.05) is 42.0 Å². The molecule has 1 aromatic carbocycles. The van der Waals surface area contributed by atoms with Gasteiger partial charge < -0.3 is 0 Å². The van der Waals surface area contributed by atoms with E-state index in [0.29, 0.717) is 0 Å². The highest BCUT2D eigenvalue weighted by Crippen LogP contribution is 2.57. The number of hydrogen-bond acceptors (Lipinski definition) is 1. The Hall–Kier alpha value is -1.86. The van der Waals surface area contributed by atoms with Gasteiger partial charge in [0.05, 0.1) is 0 Å². The molecule has 0 fully saturated rings. The minimum absolute atomic E-state index is 0.185. The number of hydrogen-bond donors (Lipinski definition) is 0. The second-order valence-corrected chi connectivity index (χ2v) is 5.80. The van der Waals surface area contributed by atoms with Crippen LogP contribution in [0.1, 0.15) is 30.1 Å². The number of carbonyl (C=O) groups excluding carboxylic acids is 1. The lowest BCUT2D eigenvalue weighted by Gasteiger charge is -2.45. The van der Waals surface area contributed by atoms with Gasteiger partial charge in [0.25, 0.3) is 0 Å². The molecule has 0 heterocycles. The highest BCUT2D eigenvalue weighted by molar-refractivity contribution is 6.04. The van der Waals surface area contributed by atoms with E-state index in [2.05, 4.69) is 0 Å². The van der Waals surface area contributed by atoms with Gasteiger partial charge in [-0.3, -0.25) is 4.79 Å². The van der Waals surface area contributed by atoms with Crippen LogP contribution >= 0.6 is 0 Å². The molecule has 1 aromatic rings. The minimum Gasteiger partial charge on any atom is -0.290 e. The lowest BCUT2D eigenvalue weighted by Crippen LogP contribution is -2.68. The van der Waals surface area contributed by atoms with Crippen LogP contribution in [0, 0.1) is 0 Å². The third kappa shape index (κ3) is 2.52. The number of rotatable bonds is 3. The molecule has 1 aliphatic carbocycles. The van der Waals surface area contributed by atoms with Crippen molar-refractivity contribution in [1.29, 1.82) is 0 Å². The molecule has 0 aromatic heterocycles. The van der Waals surface area contributed by atoms with E-state index in [-0.39, 0.29) is 5.57 Å². The summed E-state index contributed by atoms with van der Waals surface area (Å²) >= 11 is 0. The van der Waals surface area contributed by atoms with Gasteiger partial charge in [-0.05, 0) is 6.92 Å². The van der Waals surface area contributed by atoms with Gasteiger partial charge in [0.1, 0.15) is 0 Å². The maximum absolute atomic E-state index is 15.2. The van der Waals surface area contributed by atoms with E-state index >= 15 is 4.39 Å². The van der Waals surface area contributed by atoms with Crippen LogP contribution in [0.5, 0.6) is 0 Å². The molecule has 0 aliphatic heterocycles.